The Morgan fingerprint density at radius 3 is 3.20 bits per heavy atom. The van der Waals surface area contributed by atoms with Crippen LogP contribution in [-0.2, 0) is 0 Å². The maximum absolute atomic E-state index is 4.37. The lowest BCUT2D eigenvalue weighted by molar-refractivity contribution is 0.226. The molecule has 1 aromatic rings. The molecular formula is C11H19N3S. The summed E-state index contributed by atoms with van der Waals surface area (Å²) in [4.78, 5) is 6.79. The Morgan fingerprint density at radius 1 is 1.73 bits per heavy atom. The molecule has 2 heterocycles. The maximum Gasteiger partial charge on any atom is 0.109 e. The minimum absolute atomic E-state index is 0.450. The first kappa shape index (κ1) is 11.0. The van der Waals surface area contributed by atoms with Crippen LogP contribution >= 0.6 is 11.3 Å². The Labute approximate surface area is 95.5 Å². The third-order valence-electron chi connectivity index (χ3n) is 3.18. The first-order chi connectivity index (χ1) is 7.27. The van der Waals surface area contributed by atoms with Crippen LogP contribution in [0.25, 0.3) is 0 Å². The van der Waals surface area contributed by atoms with Crippen molar-refractivity contribution in [1.29, 1.82) is 0 Å². The number of nitrogens with zero attached hydrogens (tertiary/aromatic N) is 2. The van der Waals surface area contributed by atoms with Gasteiger partial charge in [-0.05, 0) is 39.4 Å². The summed E-state index contributed by atoms with van der Waals surface area (Å²) in [5.74, 6) is 0.817. The van der Waals surface area contributed by atoms with E-state index in [1.807, 2.05) is 6.20 Å². The Morgan fingerprint density at radius 2 is 2.60 bits per heavy atom. The highest BCUT2D eigenvalue weighted by Gasteiger charge is 2.20. The molecule has 0 amide bonds. The summed E-state index contributed by atoms with van der Waals surface area (Å²) in [6, 6.07) is 0.450. The van der Waals surface area contributed by atoms with Gasteiger partial charge in [0.05, 0.1) is 6.04 Å². The van der Waals surface area contributed by atoms with Crippen molar-refractivity contribution in [3.05, 3.63) is 16.6 Å². The second-order valence-electron chi connectivity index (χ2n) is 4.34. The van der Waals surface area contributed by atoms with E-state index < -0.39 is 0 Å². The summed E-state index contributed by atoms with van der Waals surface area (Å²) in [7, 11) is 2.20. The van der Waals surface area contributed by atoms with Gasteiger partial charge in [-0.25, -0.2) is 4.98 Å². The molecule has 1 aliphatic heterocycles. The van der Waals surface area contributed by atoms with Crippen LogP contribution in [-0.4, -0.2) is 36.6 Å². The van der Waals surface area contributed by atoms with Crippen molar-refractivity contribution < 1.29 is 0 Å². The first-order valence-corrected chi connectivity index (χ1v) is 6.45. The number of hydrogen-bond acceptors (Lipinski definition) is 4. The summed E-state index contributed by atoms with van der Waals surface area (Å²) in [5.41, 5.74) is 0. The second-order valence-corrected chi connectivity index (χ2v) is 5.27. The molecular weight excluding hydrogens is 206 g/mol. The molecule has 0 aromatic carbocycles. The van der Waals surface area contributed by atoms with E-state index in [0.29, 0.717) is 6.04 Å². The molecule has 2 atom stereocenters. The highest BCUT2D eigenvalue weighted by Crippen LogP contribution is 2.22. The molecule has 1 fully saturated rings. The van der Waals surface area contributed by atoms with Gasteiger partial charge in [-0.1, -0.05) is 0 Å². The molecule has 4 heteroatoms. The lowest BCUT2D eigenvalue weighted by atomic mass is 10.1. The average Bonchev–Trinajstić information content (AvgIpc) is 2.88. The molecule has 3 nitrogen and oxygen atoms in total. The largest absolute Gasteiger partial charge is 0.316 e. The SMILES string of the molecule is CC(c1nccs1)N(C)CC1CCNC1. The maximum atomic E-state index is 4.37. The topological polar surface area (TPSA) is 28.2 Å². The third-order valence-corrected chi connectivity index (χ3v) is 4.12. The second kappa shape index (κ2) is 5.05. The Kier molecular flexibility index (Phi) is 3.72. The fraction of sp³-hybridized carbons (Fsp3) is 0.727. The van der Waals surface area contributed by atoms with E-state index in [0.717, 1.165) is 5.92 Å². The smallest absolute Gasteiger partial charge is 0.109 e. The van der Waals surface area contributed by atoms with Crippen molar-refractivity contribution in [1.82, 2.24) is 15.2 Å². The zero-order valence-electron chi connectivity index (χ0n) is 9.44. The molecule has 0 spiro atoms. The van der Waals surface area contributed by atoms with E-state index in [1.54, 1.807) is 11.3 Å². The Bertz CT molecular complexity index is 280. The number of thiazole rings is 1. The molecule has 0 bridgehead atoms. The molecule has 0 radical (unpaired) electrons. The van der Waals surface area contributed by atoms with Crippen LogP contribution in [0.15, 0.2) is 11.6 Å². The van der Waals surface area contributed by atoms with Crippen molar-refractivity contribution in [2.45, 2.75) is 19.4 Å². The van der Waals surface area contributed by atoms with E-state index in [9.17, 15) is 0 Å². The summed E-state index contributed by atoms with van der Waals surface area (Å²) >= 11 is 1.75. The fourth-order valence-corrected chi connectivity index (χ4v) is 2.82. The fourth-order valence-electron chi connectivity index (χ4n) is 2.06. The number of rotatable bonds is 4. The lowest BCUT2D eigenvalue weighted by Gasteiger charge is -2.25. The molecule has 1 N–H and O–H groups in total. The van der Waals surface area contributed by atoms with Gasteiger partial charge in [0.2, 0.25) is 0 Å². The summed E-state index contributed by atoms with van der Waals surface area (Å²) in [6.45, 7) is 5.77. The molecule has 1 aromatic heterocycles. The molecule has 1 aliphatic rings. The zero-order valence-corrected chi connectivity index (χ0v) is 10.3. The van der Waals surface area contributed by atoms with Crippen molar-refractivity contribution in [2.24, 2.45) is 5.92 Å². The van der Waals surface area contributed by atoms with E-state index in [4.69, 9.17) is 0 Å². The van der Waals surface area contributed by atoms with Crippen LogP contribution in [0.3, 0.4) is 0 Å². The van der Waals surface area contributed by atoms with Gasteiger partial charge in [-0.3, -0.25) is 4.90 Å². The van der Waals surface area contributed by atoms with Gasteiger partial charge in [0.1, 0.15) is 5.01 Å². The van der Waals surface area contributed by atoms with Crippen LogP contribution in [0, 0.1) is 5.92 Å². The average molecular weight is 225 g/mol. The number of aromatic nitrogens is 1. The van der Waals surface area contributed by atoms with Crippen molar-refractivity contribution >= 4 is 11.3 Å². The Balaban J connectivity index is 1.87. The van der Waals surface area contributed by atoms with Gasteiger partial charge in [0, 0.05) is 18.1 Å². The van der Waals surface area contributed by atoms with Crippen LogP contribution in [0.4, 0.5) is 0 Å². The van der Waals surface area contributed by atoms with E-state index >= 15 is 0 Å². The third kappa shape index (κ3) is 2.77. The standard InChI is InChI=1S/C11H19N3S/c1-9(11-13-5-6-15-11)14(2)8-10-3-4-12-7-10/h5-6,9-10,12H,3-4,7-8H2,1-2H3. The van der Waals surface area contributed by atoms with Crippen molar-refractivity contribution in [2.75, 3.05) is 26.7 Å². The summed E-state index contributed by atoms with van der Waals surface area (Å²) < 4.78 is 0. The van der Waals surface area contributed by atoms with Gasteiger partial charge < -0.3 is 5.32 Å². The summed E-state index contributed by atoms with van der Waals surface area (Å²) in [5, 5.41) is 6.69. The van der Waals surface area contributed by atoms with E-state index in [1.165, 1.54) is 31.1 Å². The van der Waals surface area contributed by atoms with Gasteiger partial charge >= 0.3 is 0 Å². The van der Waals surface area contributed by atoms with Crippen LogP contribution < -0.4 is 5.32 Å². The van der Waals surface area contributed by atoms with Crippen molar-refractivity contribution in [3.8, 4) is 0 Å². The number of hydrogen-bond donors (Lipinski definition) is 1. The molecule has 2 rings (SSSR count). The summed E-state index contributed by atoms with van der Waals surface area (Å²) in [6.07, 6.45) is 3.20. The highest BCUT2D eigenvalue weighted by atomic mass is 32.1. The predicted molar refractivity (Wildman–Crippen MR) is 64.1 cm³/mol. The van der Waals surface area contributed by atoms with Crippen LogP contribution in [0.5, 0.6) is 0 Å². The van der Waals surface area contributed by atoms with Gasteiger partial charge in [0.15, 0.2) is 0 Å². The normalized spacial score (nSPS) is 23.5. The predicted octanol–water partition coefficient (Wildman–Crippen LogP) is 1.75. The lowest BCUT2D eigenvalue weighted by Crippen LogP contribution is -2.29. The monoisotopic (exact) mass is 225 g/mol. The first-order valence-electron chi connectivity index (χ1n) is 5.57. The van der Waals surface area contributed by atoms with E-state index in [2.05, 4.69) is 34.6 Å². The van der Waals surface area contributed by atoms with Gasteiger partial charge in [0.25, 0.3) is 0 Å². The van der Waals surface area contributed by atoms with Gasteiger partial charge in [-0.15, -0.1) is 11.3 Å². The quantitative estimate of drug-likeness (QED) is 0.846. The van der Waals surface area contributed by atoms with Crippen molar-refractivity contribution in [3.63, 3.8) is 0 Å². The van der Waals surface area contributed by atoms with E-state index in [-0.39, 0.29) is 0 Å². The molecule has 1 saturated heterocycles. The Hall–Kier alpha value is -0.450. The molecule has 0 saturated carbocycles. The number of nitrogens with one attached hydrogen (secondary N) is 1. The van der Waals surface area contributed by atoms with Gasteiger partial charge in [-0.2, -0.15) is 0 Å². The molecule has 84 valence electrons. The minimum atomic E-state index is 0.450. The molecule has 2 unspecified atom stereocenters. The molecule has 15 heavy (non-hydrogen) atoms. The zero-order chi connectivity index (χ0) is 10.7. The molecule has 0 aliphatic carbocycles. The minimum Gasteiger partial charge on any atom is -0.316 e. The van der Waals surface area contributed by atoms with Crippen LogP contribution in [0.1, 0.15) is 24.4 Å². The van der Waals surface area contributed by atoms with Crippen LogP contribution in [0.2, 0.25) is 0 Å². The highest BCUT2D eigenvalue weighted by molar-refractivity contribution is 7.09.